The van der Waals surface area contributed by atoms with E-state index in [0.29, 0.717) is 5.92 Å². The molecular weight excluding hydrogens is 306 g/mol. The first-order valence-electron chi connectivity index (χ1n) is 9.01. The van der Waals surface area contributed by atoms with Gasteiger partial charge in [-0.2, -0.15) is 5.10 Å². The Kier molecular flexibility index (Phi) is 4.51. The van der Waals surface area contributed by atoms with Gasteiger partial charge in [-0.15, -0.1) is 5.10 Å². The minimum atomic E-state index is 0.0525. The number of piperazine rings is 1. The van der Waals surface area contributed by atoms with Crippen molar-refractivity contribution in [3.8, 4) is 0 Å². The number of nitrogens with zero attached hydrogens (tertiary/aromatic N) is 4. The number of nitrogens with one attached hydrogen (secondary N) is 1. The molecule has 130 valence electrons. The van der Waals surface area contributed by atoms with Crippen LogP contribution in [0.1, 0.15) is 37.3 Å². The van der Waals surface area contributed by atoms with Crippen LogP contribution in [0.15, 0.2) is 12.1 Å². The summed E-state index contributed by atoms with van der Waals surface area (Å²) in [6, 6.07) is 4.48. The Balaban J connectivity index is 1.27. The summed E-state index contributed by atoms with van der Waals surface area (Å²) in [5, 5.41) is 11.9. The lowest BCUT2D eigenvalue weighted by Gasteiger charge is -2.36. The number of ether oxygens (including phenoxy) is 1. The molecule has 0 radical (unpaired) electrons. The molecule has 7 nitrogen and oxygen atoms in total. The molecule has 4 rings (SSSR count). The van der Waals surface area contributed by atoms with Gasteiger partial charge in [0.15, 0.2) is 5.82 Å². The second kappa shape index (κ2) is 6.93. The molecule has 0 spiro atoms. The van der Waals surface area contributed by atoms with Gasteiger partial charge < -0.3 is 19.9 Å². The molecule has 2 amide bonds. The van der Waals surface area contributed by atoms with Crippen LogP contribution in [0.5, 0.6) is 0 Å². The fourth-order valence-corrected chi connectivity index (χ4v) is 3.35. The smallest absolute Gasteiger partial charge is 0.317 e. The minimum Gasteiger partial charge on any atom is -0.381 e. The van der Waals surface area contributed by atoms with Gasteiger partial charge in [0.05, 0.1) is 5.69 Å². The zero-order valence-electron chi connectivity index (χ0n) is 14.0. The zero-order valence-corrected chi connectivity index (χ0v) is 14.0. The SMILES string of the molecule is O=C(NC1CCOCC1)N1CCN(c2ccc(C3CC3)nn2)CC1. The predicted octanol–water partition coefficient (Wildman–Crippen LogP) is 1.36. The average molecular weight is 331 g/mol. The minimum absolute atomic E-state index is 0.0525. The maximum absolute atomic E-state index is 12.4. The lowest BCUT2D eigenvalue weighted by atomic mass is 10.1. The Morgan fingerprint density at radius 1 is 1.04 bits per heavy atom. The third kappa shape index (κ3) is 3.61. The molecule has 0 unspecified atom stereocenters. The Morgan fingerprint density at radius 2 is 1.79 bits per heavy atom. The number of carbonyl (C=O) groups is 1. The molecule has 24 heavy (non-hydrogen) atoms. The molecule has 1 N–H and O–H groups in total. The van der Waals surface area contributed by atoms with Crippen LogP contribution in [0.3, 0.4) is 0 Å². The molecule has 1 saturated carbocycles. The number of carbonyl (C=O) groups excluding carboxylic acids is 1. The summed E-state index contributed by atoms with van der Waals surface area (Å²) in [4.78, 5) is 16.5. The summed E-state index contributed by atoms with van der Waals surface area (Å²) in [5.74, 6) is 1.56. The predicted molar refractivity (Wildman–Crippen MR) is 90.2 cm³/mol. The molecule has 1 aliphatic carbocycles. The molecule has 1 aromatic heterocycles. The highest BCUT2D eigenvalue weighted by molar-refractivity contribution is 5.74. The first-order chi connectivity index (χ1) is 11.8. The van der Waals surface area contributed by atoms with Crippen LogP contribution in [-0.2, 0) is 4.74 Å². The third-order valence-corrected chi connectivity index (χ3v) is 5.11. The van der Waals surface area contributed by atoms with Crippen molar-refractivity contribution < 1.29 is 9.53 Å². The Morgan fingerprint density at radius 3 is 2.42 bits per heavy atom. The summed E-state index contributed by atoms with van der Waals surface area (Å²) >= 11 is 0. The van der Waals surface area contributed by atoms with E-state index >= 15 is 0 Å². The Labute approximate surface area is 142 Å². The number of urea groups is 1. The highest BCUT2D eigenvalue weighted by Crippen LogP contribution is 2.38. The Hall–Kier alpha value is -1.89. The molecular formula is C17H25N5O2. The van der Waals surface area contributed by atoms with Gasteiger partial charge in [0.2, 0.25) is 0 Å². The third-order valence-electron chi connectivity index (χ3n) is 5.11. The largest absolute Gasteiger partial charge is 0.381 e. The number of hydrogen-bond donors (Lipinski definition) is 1. The molecule has 2 saturated heterocycles. The summed E-state index contributed by atoms with van der Waals surface area (Å²) in [6.07, 6.45) is 4.31. The van der Waals surface area contributed by atoms with E-state index in [0.717, 1.165) is 63.7 Å². The van der Waals surface area contributed by atoms with Gasteiger partial charge in [-0.1, -0.05) is 0 Å². The van der Waals surface area contributed by atoms with Gasteiger partial charge in [-0.3, -0.25) is 0 Å². The highest BCUT2D eigenvalue weighted by Gasteiger charge is 2.27. The van der Waals surface area contributed by atoms with Crippen LogP contribution in [0.2, 0.25) is 0 Å². The van der Waals surface area contributed by atoms with E-state index in [2.05, 4.69) is 32.5 Å². The molecule has 0 bridgehead atoms. The first kappa shape index (κ1) is 15.6. The topological polar surface area (TPSA) is 70.6 Å². The molecule has 7 heteroatoms. The second-order valence-electron chi connectivity index (χ2n) is 6.90. The number of hydrogen-bond acceptors (Lipinski definition) is 5. The summed E-state index contributed by atoms with van der Waals surface area (Å²) in [7, 11) is 0. The van der Waals surface area contributed by atoms with Crippen LogP contribution >= 0.6 is 0 Å². The maximum atomic E-state index is 12.4. The van der Waals surface area contributed by atoms with E-state index in [4.69, 9.17) is 4.74 Å². The van der Waals surface area contributed by atoms with Gasteiger partial charge in [-0.05, 0) is 37.8 Å². The number of aromatic nitrogens is 2. The number of rotatable bonds is 3. The second-order valence-corrected chi connectivity index (χ2v) is 6.90. The molecule has 0 aromatic carbocycles. The quantitative estimate of drug-likeness (QED) is 0.906. The molecule has 3 heterocycles. The molecule has 0 atom stereocenters. The van der Waals surface area contributed by atoms with Gasteiger partial charge in [0.25, 0.3) is 0 Å². The van der Waals surface area contributed by atoms with Crippen molar-refractivity contribution in [1.29, 1.82) is 0 Å². The summed E-state index contributed by atoms with van der Waals surface area (Å²) < 4.78 is 5.33. The van der Waals surface area contributed by atoms with Crippen LogP contribution in [0, 0.1) is 0 Å². The van der Waals surface area contributed by atoms with Crippen molar-refractivity contribution in [3.05, 3.63) is 17.8 Å². The first-order valence-corrected chi connectivity index (χ1v) is 9.01. The molecule has 3 fully saturated rings. The van der Waals surface area contributed by atoms with E-state index < -0.39 is 0 Å². The van der Waals surface area contributed by atoms with Crippen molar-refractivity contribution in [2.24, 2.45) is 0 Å². The lowest BCUT2D eigenvalue weighted by molar-refractivity contribution is 0.0779. The van der Waals surface area contributed by atoms with Crippen molar-refractivity contribution in [2.45, 2.75) is 37.6 Å². The van der Waals surface area contributed by atoms with Crippen molar-refractivity contribution in [2.75, 3.05) is 44.3 Å². The van der Waals surface area contributed by atoms with Crippen LogP contribution in [-0.4, -0.2) is 66.6 Å². The highest BCUT2D eigenvalue weighted by atomic mass is 16.5. The Bertz CT molecular complexity index is 561. The van der Waals surface area contributed by atoms with Crippen molar-refractivity contribution in [3.63, 3.8) is 0 Å². The normalized spacial score (nSPS) is 22.5. The molecule has 1 aromatic rings. The standard InChI is InChI=1S/C17H25N5O2/c23-17(18-14-5-11-24-12-6-14)22-9-7-21(8-10-22)16-4-3-15(19-20-16)13-1-2-13/h3-4,13-14H,1-2,5-12H2,(H,18,23). The number of anilines is 1. The number of amides is 2. The van der Waals surface area contributed by atoms with Gasteiger partial charge >= 0.3 is 6.03 Å². The van der Waals surface area contributed by atoms with E-state index in [-0.39, 0.29) is 12.1 Å². The summed E-state index contributed by atoms with van der Waals surface area (Å²) in [5.41, 5.74) is 1.12. The molecule has 2 aliphatic heterocycles. The van der Waals surface area contributed by atoms with Gasteiger partial charge in [-0.25, -0.2) is 4.79 Å². The van der Waals surface area contributed by atoms with Crippen LogP contribution < -0.4 is 10.2 Å². The zero-order chi connectivity index (χ0) is 16.4. The monoisotopic (exact) mass is 331 g/mol. The van der Waals surface area contributed by atoms with Crippen molar-refractivity contribution >= 4 is 11.8 Å². The maximum Gasteiger partial charge on any atom is 0.317 e. The molecule has 3 aliphatic rings. The van der Waals surface area contributed by atoms with Crippen LogP contribution in [0.25, 0.3) is 0 Å². The fourth-order valence-electron chi connectivity index (χ4n) is 3.35. The van der Waals surface area contributed by atoms with E-state index in [1.807, 2.05) is 4.90 Å². The van der Waals surface area contributed by atoms with E-state index in [9.17, 15) is 4.79 Å². The fraction of sp³-hybridized carbons (Fsp3) is 0.706. The lowest BCUT2D eigenvalue weighted by Crippen LogP contribution is -2.54. The van der Waals surface area contributed by atoms with E-state index in [1.165, 1.54) is 12.8 Å². The average Bonchev–Trinajstić information content (AvgIpc) is 3.48. The summed E-state index contributed by atoms with van der Waals surface area (Å²) in [6.45, 7) is 4.54. The van der Waals surface area contributed by atoms with Gasteiger partial charge in [0, 0.05) is 51.4 Å². The van der Waals surface area contributed by atoms with Gasteiger partial charge in [0.1, 0.15) is 0 Å². The van der Waals surface area contributed by atoms with Crippen LogP contribution in [0.4, 0.5) is 10.6 Å². The van der Waals surface area contributed by atoms with Crippen molar-refractivity contribution in [1.82, 2.24) is 20.4 Å². The van der Waals surface area contributed by atoms with E-state index in [1.54, 1.807) is 0 Å².